The van der Waals surface area contributed by atoms with Crippen LogP contribution in [0, 0.1) is 17.3 Å². The Morgan fingerprint density at radius 1 is 1.50 bits per heavy atom. The van der Waals surface area contributed by atoms with Gasteiger partial charge in [0.05, 0.1) is 0 Å². The molecule has 18 heavy (non-hydrogen) atoms. The van der Waals surface area contributed by atoms with Gasteiger partial charge in [-0.3, -0.25) is 9.59 Å². The second-order valence-corrected chi connectivity index (χ2v) is 6.92. The first-order valence-electron chi connectivity index (χ1n) is 6.41. The van der Waals surface area contributed by atoms with E-state index >= 15 is 0 Å². The molecule has 3 heteroatoms. The van der Waals surface area contributed by atoms with Crippen LogP contribution in [0.2, 0.25) is 0 Å². The topological polar surface area (TPSA) is 34.1 Å². The minimum absolute atomic E-state index is 0.0278. The van der Waals surface area contributed by atoms with Gasteiger partial charge in [-0.1, -0.05) is 37.3 Å². The lowest BCUT2D eigenvalue weighted by Crippen LogP contribution is -2.30. The quantitative estimate of drug-likeness (QED) is 0.723. The third kappa shape index (κ3) is 2.20. The minimum atomic E-state index is 0.0278. The highest BCUT2D eigenvalue weighted by atomic mass is 32.2. The molecule has 2 atom stereocenters. The summed E-state index contributed by atoms with van der Waals surface area (Å²) in [4.78, 5) is 23.3. The number of rotatable bonds is 1. The van der Waals surface area contributed by atoms with E-state index in [1.54, 1.807) is 6.92 Å². The molecule has 1 unspecified atom stereocenters. The molecule has 1 saturated carbocycles. The number of carbonyl (C=O) groups excluding carboxylic acids is 2. The molecule has 2 nitrogen and oxygen atoms in total. The number of thioether (sulfide) groups is 1. The summed E-state index contributed by atoms with van der Waals surface area (Å²) >= 11 is 1.25. The van der Waals surface area contributed by atoms with E-state index < -0.39 is 0 Å². The Hall–Kier alpha value is -0.830. The van der Waals surface area contributed by atoms with Crippen LogP contribution in [0.5, 0.6) is 0 Å². The first-order valence-corrected chi connectivity index (χ1v) is 7.29. The Kier molecular flexibility index (Phi) is 3.54. The van der Waals surface area contributed by atoms with E-state index in [4.69, 9.17) is 0 Å². The Bertz CT molecular complexity index is 457. The zero-order valence-electron chi connectivity index (χ0n) is 11.4. The van der Waals surface area contributed by atoms with Crippen LogP contribution >= 0.6 is 11.8 Å². The van der Waals surface area contributed by atoms with Crippen molar-refractivity contribution in [2.75, 3.05) is 0 Å². The van der Waals surface area contributed by atoms with Gasteiger partial charge in [0.25, 0.3) is 0 Å². The van der Waals surface area contributed by atoms with E-state index in [2.05, 4.69) is 19.9 Å². The van der Waals surface area contributed by atoms with E-state index in [-0.39, 0.29) is 16.4 Å². The standard InChI is InChI=1S/C15H20O2S/c1-9-5-6-13-12(14(9)17)7-11(15(13,3)4)8-18-10(2)16/h5,8,12-13H,6-7H2,1-4H3/b11-8+/t12?,13-/m1/s1. The van der Waals surface area contributed by atoms with Crippen molar-refractivity contribution in [3.63, 3.8) is 0 Å². The average molecular weight is 264 g/mol. The van der Waals surface area contributed by atoms with Crippen molar-refractivity contribution < 1.29 is 9.59 Å². The van der Waals surface area contributed by atoms with Crippen molar-refractivity contribution in [2.45, 2.75) is 40.5 Å². The number of fused-ring (bicyclic) bond motifs is 1. The van der Waals surface area contributed by atoms with Crippen LogP contribution < -0.4 is 0 Å². The summed E-state index contributed by atoms with van der Waals surface area (Å²) in [7, 11) is 0. The predicted octanol–water partition coefficient (Wildman–Crippen LogP) is 3.73. The second kappa shape index (κ2) is 4.69. The number of Topliss-reactive ketones (excluding diaryl/α,β-unsaturated/α-hetero) is 1. The van der Waals surface area contributed by atoms with Gasteiger partial charge in [-0.2, -0.15) is 0 Å². The van der Waals surface area contributed by atoms with Crippen LogP contribution in [0.4, 0.5) is 0 Å². The fourth-order valence-corrected chi connectivity index (χ4v) is 3.88. The Labute approximate surface area is 113 Å². The second-order valence-electron chi connectivity index (χ2n) is 5.88. The van der Waals surface area contributed by atoms with Crippen LogP contribution in [0.25, 0.3) is 0 Å². The van der Waals surface area contributed by atoms with Crippen LogP contribution in [0.1, 0.15) is 40.5 Å². The van der Waals surface area contributed by atoms with Crippen molar-refractivity contribution in [3.8, 4) is 0 Å². The van der Waals surface area contributed by atoms with Crippen LogP contribution in [-0.2, 0) is 9.59 Å². The SMILES string of the molecule is CC(=O)S/C=C1\CC2C(=O)C(C)=CC[C@H]2C1(C)C. The average Bonchev–Trinajstić information content (AvgIpc) is 2.53. The van der Waals surface area contributed by atoms with Crippen LogP contribution in [0.15, 0.2) is 22.6 Å². The molecule has 0 spiro atoms. The van der Waals surface area contributed by atoms with Gasteiger partial charge in [-0.25, -0.2) is 0 Å². The van der Waals surface area contributed by atoms with Gasteiger partial charge >= 0.3 is 0 Å². The summed E-state index contributed by atoms with van der Waals surface area (Å²) in [6.45, 7) is 7.89. The Balaban J connectivity index is 2.28. The number of hydrogen-bond donors (Lipinski definition) is 0. The van der Waals surface area contributed by atoms with Crippen molar-refractivity contribution in [3.05, 3.63) is 22.6 Å². The number of carbonyl (C=O) groups is 2. The molecule has 0 aromatic carbocycles. The largest absolute Gasteiger partial charge is 0.294 e. The molecule has 0 aromatic heterocycles. The van der Waals surface area contributed by atoms with Crippen LogP contribution in [-0.4, -0.2) is 10.9 Å². The molecule has 2 aliphatic carbocycles. The molecule has 0 bridgehead atoms. The molecule has 0 amide bonds. The molecule has 2 aliphatic rings. The summed E-state index contributed by atoms with van der Waals surface area (Å²) in [5, 5.41) is 2.08. The molecule has 2 rings (SSSR count). The van der Waals surface area contributed by atoms with E-state index in [1.807, 2.05) is 12.3 Å². The van der Waals surface area contributed by atoms with Crippen LogP contribution in [0.3, 0.4) is 0 Å². The molecule has 0 radical (unpaired) electrons. The summed E-state index contributed by atoms with van der Waals surface area (Å²) in [5.41, 5.74) is 2.20. The van der Waals surface area contributed by atoms with Crippen molar-refractivity contribution in [1.29, 1.82) is 0 Å². The summed E-state index contributed by atoms with van der Waals surface area (Å²) in [5.74, 6) is 0.826. The first kappa shape index (κ1) is 13.6. The monoisotopic (exact) mass is 264 g/mol. The molecule has 0 saturated heterocycles. The summed E-state index contributed by atoms with van der Waals surface area (Å²) in [6.07, 6.45) is 3.88. The fraction of sp³-hybridized carbons (Fsp3) is 0.600. The maximum Gasteiger partial charge on any atom is 0.190 e. The highest BCUT2D eigenvalue weighted by Crippen LogP contribution is 2.54. The van der Waals surface area contributed by atoms with Gasteiger partial charge < -0.3 is 0 Å². The molecule has 0 aliphatic heterocycles. The molecule has 1 fully saturated rings. The maximum absolute atomic E-state index is 12.2. The minimum Gasteiger partial charge on any atom is -0.294 e. The third-order valence-electron chi connectivity index (χ3n) is 4.45. The lowest BCUT2D eigenvalue weighted by molar-refractivity contribution is -0.121. The molecule has 0 aromatic rings. The van der Waals surface area contributed by atoms with Gasteiger partial charge in [0.1, 0.15) is 0 Å². The van der Waals surface area contributed by atoms with E-state index in [0.717, 1.165) is 18.4 Å². The molecular formula is C15H20O2S. The van der Waals surface area contributed by atoms with Gasteiger partial charge in [0, 0.05) is 12.8 Å². The zero-order valence-corrected chi connectivity index (χ0v) is 12.3. The van der Waals surface area contributed by atoms with Gasteiger partial charge in [0.15, 0.2) is 10.9 Å². The maximum atomic E-state index is 12.2. The van der Waals surface area contributed by atoms with Crippen molar-refractivity contribution in [2.24, 2.45) is 17.3 Å². The molecule has 98 valence electrons. The third-order valence-corrected chi connectivity index (χ3v) is 5.18. The normalized spacial score (nSPS) is 32.3. The highest BCUT2D eigenvalue weighted by molar-refractivity contribution is 8.16. The smallest absolute Gasteiger partial charge is 0.190 e. The summed E-state index contributed by atoms with van der Waals surface area (Å²) < 4.78 is 0. The molecule has 0 N–H and O–H groups in total. The molecule has 0 heterocycles. The van der Waals surface area contributed by atoms with E-state index in [9.17, 15) is 9.59 Å². The fourth-order valence-electron chi connectivity index (χ4n) is 3.17. The van der Waals surface area contributed by atoms with E-state index in [1.165, 1.54) is 17.3 Å². The van der Waals surface area contributed by atoms with E-state index in [0.29, 0.717) is 11.7 Å². The lowest BCUT2D eigenvalue weighted by Gasteiger charge is -2.32. The summed E-state index contributed by atoms with van der Waals surface area (Å²) in [6, 6.07) is 0. The van der Waals surface area contributed by atoms with Crippen molar-refractivity contribution >= 4 is 22.7 Å². The predicted molar refractivity (Wildman–Crippen MR) is 75.1 cm³/mol. The number of ketones is 1. The zero-order chi connectivity index (χ0) is 13.5. The van der Waals surface area contributed by atoms with Gasteiger partial charge in [-0.05, 0) is 42.1 Å². The number of allylic oxidation sites excluding steroid dienone is 3. The van der Waals surface area contributed by atoms with Crippen molar-refractivity contribution in [1.82, 2.24) is 0 Å². The van der Waals surface area contributed by atoms with Gasteiger partial charge in [-0.15, -0.1) is 0 Å². The highest BCUT2D eigenvalue weighted by Gasteiger charge is 2.49. The number of hydrogen-bond acceptors (Lipinski definition) is 3. The Morgan fingerprint density at radius 2 is 2.17 bits per heavy atom. The Morgan fingerprint density at radius 3 is 2.78 bits per heavy atom. The first-order chi connectivity index (χ1) is 8.34. The molecular weight excluding hydrogens is 244 g/mol. The van der Waals surface area contributed by atoms with Gasteiger partial charge in [0.2, 0.25) is 0 Å². The lowest BCUT2D eigenvalue weighted by atomic mass is 9.71.